The molecule has 1 aromatic carbocycles. The highest BCUT2D eigenvalue weighted by molar-refractivity contribution is 9.10. The van der Waals surface area contributed by atoms with E-state index in [1.807, 2.05) is 25.1 Å². The largest absolute Gasteiger partial charge is 0.469 e. The number of halogens is 1. The molecule has 0 aliphatic carbocycles. The quantitative estimate of drug-likeness (QED) is 0.916. The van der Waals surface area contributed by atoms with Gasteiger partial charge in [0.2, 0.25) is 0 Å². The predicted molar refractivity (Wildman–Crippen MR) is 80.8 cm³/mol. The minimum Gasteiger partial charge on any atom is -0.469 e. The van der Waals surface area contributed by atoms with Gasteiger partial charge in [-0.3, -0.25) is 4.90 Å². The molecule has 4 heteroatoms. The van der Waals surface area contributed by atoms with Crippen molar-refractivity contribution >= 4 is 15.9 Å². The molecule has 3 nitrogen and oxygen atoms in total. The van der Waals surface area contributed by atoms with Crippen molar-refractivity contribution in [3.8, 4) is 0 Å². The maximum atomic E-state index is 5.94. The summed E-state index contributed by atoms with van der Waals surface area (Å²) < 4.78 is 6.42. The lowest BCUT2D eigenvalue weighted by molar-refractivity contribution is 0.240. The van der Waals surface area contributed by atoms with Crippen molar-refractivity contribution in [2.75, 3.05) is 13.6 Å². The smallest absolute Gasteiger partial charge is 0.105 e. The Morgan fingerprint density at radius 2 is 2.16 bits per heavy atom. The number of benzene rings is 1. The minimum absolute atomic E-state index is 0.201. The van der Waals surface area contributed by atoms with Gasteiger partial charge in [0.25, 0.3) is 0 Å². The van der Waals surface area contributed by atoms with E-state index >= 15 is 0 Å². The van der Waals surface area contributed by atoms with Crippen molar-refractivity contribution in [3.63, 3.8) is 0 Å². The Morgan fingerprint density at radius 3 is 2.74 bits per heavy atom. The van der Waals surface area contributed by atoms with E-state index in [4.69, 9.17) is 10.2 Å². The molecule has 0 amide bonds. The van der Waals surface area contributed by atoms with Gasteiger partial charge in [-0.15, -0.1) is 0 Å². The molecular formula is C15H19BrN2O. The van der Waals surface area contributed by atoms with Crippen molar-refractivity contribution < 1.29 is 4.42 Å². The van der Waals surface area contributed by atoms with Crippen molar-refractivity contribution in [1.29, 1.82) is 0 Å². The van der Waals surface area contributed by atoms with Crippen LogP contribution in [-0.2, 0) is 6.54 Å². The first-order chi connectivity index (χ1) is 9.11. The van der Waals surface area contributed by atoms with Crippen molar-refractivity contribution in [2.24, 2.45) is 5.73 Å². The number of aryl methyl sites for hydroxylation is 1. The fourth-order valence-electron chi connectivity index (χ4n) is 2.24. The summed E-state index contributed by atoms with van der Waals surface area (Å²) in [6, 6.07) is 10.5. The topological polar surface area (TPSA) is 42.4 Å². The average molecular weight is 323 g/mol. The number of nitrogens with zero attached hydrogens (tertiary/aromatic N) is 1. The van der Waals surface area contributed by atoms with Crippen LogP contribution in [0.2, 0.25) is 0 Å². The Morgan fingerprint density at radius 1 is 1.37 bits per heavy atom. The molecule has 1 heterocycles. The number of likely N-dealkylation sites (N-methyl/N-ethyl adjacent to an activating group) is 1. The van der Waals surface area contributed by atoms with Crippen molar-refractivity contribution in [2.45, 2.75) is 19.5 Å². The summed E-state index contributed by atoms with van der Waals surface area (Å²) in [6.45, 7) is 3.40. The van der Waals surface area contributed by atoms with E-state index in [0.717, 1.165) is 16.8 Å². The standard InChI is InChI=1S/C15H19BrN2O/c1-11-13(6-7-19-11)10-18(2)15(9-17)12-4-3-5-14(16)8-12/h3-8,15H,9-10,17H2,1-2H3. The summed E-state index contributed by atoms with van der Waals surface area (Å²) in [6.07, 6.45) is 1.73. The van der Waals surface area contributed by atoms with E-state index < -0.39 is 0 Å². The number of hydrogen-bond acceptors (Lipinski definition) is 3. The van der Waals surface area contributed by atoms with Crippen LogP contribution in [0.4, 0.5) is 0 Å². The second-order valence-electron chi connectivity index (χ2n) is 4.72. The van der Waals surface area contributed by atoms with Crippen molar-refractivity contribution in [1.82, 2.24) is 4.90 Å². The lowest BCUT2D eigenvalue weighted by Gasteiger charge is -2.27. The second-order valence-corrected chi connectivity index (χ2v) is 5.64. The summed E-state index contributed by atoms with van der Waals surface area (Å²) in [4.78, 5) is 2.25. The molecule has 0 radical (unpaired) electrons. The molecule has 0 saturated heterocycles. The Kier molecular flexibility index (Phi) is 4.80. The third-order valence-electron chi connectivity index (χ3n) is 3.37. The third-order valence-corrected chi connectivity index (χ3v) is 3.87. The molecule has 0 spiro atoms. The summed E-state index contributed by atoms with van der Waals surface area (Å²) in [7, 11) is 2.09. The molecule has 2 N–H and O–H groups in total. The Labute approximate surface area is 122 Å². The highest BCUT2D eigenvalue weighted by Crippen LogP contribution is 2.24. The summed E-state index contributed by atoms with van der Waals surface area (Å²) >= 11 is 3.51. The Bertz CT molecular complexity index is 538. The van der Waals surface area contributed by atoms with Gasteiger partial charge in [-0.25, -0.2) is 0 Å². The summed E-state index contributed by atoms with van der Waals surface area (Å²) in [5.74, 6) is 0.969. The zero-order valence-electron chi connectivity index (χ0n) is 11.3. The SMILES string of the molecule is Cc1occc1CN(C)C(CN)c1cccc(Br)c1. The van der Waals surface area contributed by atoms with Gasteiger partial charge in [0.1, 0.15) is 5.76 Å². The molecule has 2 aromatic rings. The summed E-state index contributed by atoms with van der Waals surface area (Å²) in [5.41, 5.74) is 8.37. The monoisotopic (exact) mass is 322 g/mol. The molecule has 0 saturated carbocycles. The first kappa shape index (κ1) is 14.3. The van der Waals surface area contributed by atoms with E-state index in [-0.39, 0.29) is 6.04 Å². The highest BCUT2D eigenvalue weighted by atomic mass is 79.9. The van der Waals surface area contributed by atoms with Gasteiger partial charge in [0.05, 0.1) is 6.26 Å². The van der Waals surface area contributed by atoms with E-state index in [1.54, 1.807) is 6.26 Å². The zero-order valence-corrected chi connectivity index (χ0v) is 12.9. The van der Waals surface area contributed by atoms with Crippen LogP contribution in [0.15, 0.2) is 45.5 Å². The number of rotatable bonds is 5. The average Bonchev–Trinajstić information content (AvgIpc) is 2.76. The van der Waals surface area contributed by atoms with Gasteiger partial charge in [0, 0.05) is 29.2 Å². The molecule has 102 valence electrons. The Hall–Kier alpha value is -1.10. The van der Waals surface area contributed by atoms with Crippen LogP contribution in [-0.4, -0.2) is 18.5 Å². The fourth-order valence-corrected chi connectivity index (χ4v) is 2.66. The van der Waals surface area contributed by atoms with E-state index in [2.05, 4.69) is 40.0 Å². The number of furan rings is 1. The number of nitrogens with two attached hydrogens (primary N) is 1. The van der Waals surface area contributed by atoms with Gasteiger partial charge in [-0.05, 0) is 37.7 Å². The molecule has 1 aromatic heterocycles. The Balaban J connectivity index is 2.15. The van der Waals surface area contributed by atoms with E-state index in [0.29, 0.717) is 6.54 Å². The van der Waals surface area contributed by atoms with E-state index in [9.17, 15) is 0 Å². The lowest BCUT2D eigenvalue weighted by atomic mass is 10.1. The lowest BCUT2D eigenvalue weighted by Crippen LogP contribution is -2.30. The second kappa shape index (κ2) is 6.37. The fraction of sp³-hybridized carbons (Fsp3) is 0.333. The molecule has 1 unspecified atom stereocenters. The predicted octanol–water partition coefficient (Wildman–Crippen LogP) is 3.48. The molecule has 19 heavy (non-hydrogen) atoms. The van der Waals surface area contributed by atoms with Crippen molar-refractivity contribution in [3.05, 3.63) is 58.0 Å². The zero-order chi connectivity index (χ0) is 13.8. The van der Waals surface area contributed by atoms with Crippen LogP contribution in [0.1, 0.15) is 22.9 Å². The van der Waals surface area contributed by atoms with Crippen LogP contribution in [0.25, 0.3) is 0 Å². The number of hydrogen-bond donors (Lipinski definition) is 1. The van der Waals surface area contributed by atoms with Gasteiger partial charge in [-0.2, -0.15) is 0 Å². The first-order valence-electron chi connectivity index (χ1n) is 6.30. The molecule has 0 aliphatic heterocycles. The van der Waals surface area contributed by atoms with Gasteiger partial charge < -0.3 is 10.2 Å². The first-order valence-corrected chi connectivity index (χ1v) is 7.10. The van der Waals surface area contributed by atoms with Crippen LogP contribution >= 0.6 is 15.9 Å². The van der Waals surface area contributed by atoms with Crippen LogP contribution in [0, 0.1) is 6.92 Å². The molecule has 0 fully saturated rings. The maximum absolute atomic E-state index is 5.94. The van der Waals surface area contributed by atoms with Crippen LogP contribution in [0.3, 0.4) is 0 Å². The van der Waals surface area contributed by atoms with Gasteiger partial charge in [0.15, 0.2) is 0 Å². The maximum Gasteiger partial charge on any atom is 0.105 e. The van der Waals surface area contributed by atoms with Gasteiger partial charge >= 0.3 is 0 Å². The highest BCUT2D eigenvalue weighted by Gasteiger charge is 2.17. The third kappa shape index (κ3) is 3.47. The molecule has 2 rings (SSSR count). The van der Waals surface area contributed by atoms with Crippen LogP contribution in [0.5, 0.6) is 0 Å². The van der Waals surface area contributed by atoms with Crippen LogP contribution < -0.4 is 5.73 Å². The normalized spacial score (nSPS) is 12.9. The summed E-state index contributed by atoms with van der Waals surface area (Å²) in [5, 5.41) is 0. The van der Waals surface area contributed by atoms with Gasteiger partial charge in [-0.1, -0.05) is 28.1 Å². The minimum atomic E-state index is 0.201. The molecule has 1 atom stereocenters. The molecule has 0 aliphatic rings. The van der Waals surface area contributed by atoms with E-state index in [1.165, 1.54) is 11.1 Å². The molecular weight excluding hydrogens is 304 g/mol. The molecule has 0 bridgehead atoms.